The lowest BCUT2D eigenvalue weighted by molar-refractivity contribution is 0.423. The zero-order chi connectivity index (χ0) is 14.8. The lowest BCUT2D eigenvalue weighted by Crippen LogP contribution is -1.91. The molecule has 0 aliphatic rings. The highest BCUT2D eigenvalue weighted by Crippen LogP contribution is 2.26. The molecule has 21 heavy (non-hydrogen) atoms. The summed E-state index contributed by atoms with van der Waals surface area (Å²) in [5, 5.41) is 13.6. The number of aromatic nitrogens is 2. The van der Waals surface area contributed by atoms with E-state index in [1.807, 2.05) is 22.6 Å². The summed E-state index contributed by atoms with van der Waals surface area (Å²) in [5.74, 6) is 0.752. The van der Waals surface area contributed by atoms with Crippen molar-refractivity contribution in [2.24, 2.45) is 0 Å². The molecule has 0 saturated carbocycles. The average molecular weight is 396 g/mol. The van der Waals surface area contributed by atoms with E-state index < -0.39 is 0 Å². The van der Waals surface area contributed by atoms with Crippen LogP contribution in [0.2, 0.25) is 0 Å². The summed E-state index contributed by atoms with van der Waals surface area (Å²) >= 11 is 2.04. The van der Waals surface area contributed by atoms with E-state index in [2.05, 4.69) is 10.1 Å². The molecule has 106 valence electrons. The normalized spacial score (nSPS) is 10.8. The lowest BCUT2D eigenvalue weighted by Gasteiger charge is -1.98. The van der Waals surface area contributed by atoms with E-state index >= 15 is 0 Å². The summed E-state index contributed by atoms with van der Waals surface area (Å²) in [5.41, 5.74) is 1.56. The van der Waals surface area contributed by atoms with E-state index in [1.54, 1.807) is 30.3 Å². The van der Waals surface area contributed by atoms with Gasteiger partial charge in [0.2, 0.25) is 0 Å². The summed E-state index contributed by atoms with van der Waals surface area (Å²) < 4.78 is 18.8. The van der Waals surface area contributed by atoms with Gasteiger partial charge in [0.25, 0.3) is 5.89 Å². The summed E-state index contributed by atoms with van der Waals surface area (Å²) in [4.78, 5) is 4.28. The minimum Gasteiger partial charge on any atom is -0.507 e. The zero-order valence-corrected chi connectivity index (χ0v) is 12.9. The number of hydrogen-bond acceptors (Lipinski definition) is 4. The van der Waals surface area contributed by atoms with Crippen LogP contribution in [0.3, 0.4) is 0 Å². The fourth-order valence-electron chi connectivity index (χ4n) is 1.87. The Labute approximate surface area is 133 Å². The minimum absolute atomic E-state index is 0.173. The number of rotatable bonds is 3. The van der Waals surface area contributed by atoms with Gasteiger partial charge in [-0.05, 0) is 58.5 Å². The highest BCUT2D eigenvalue weighted by molar-refractivity contribution is 14.1. The Bertz CT molecular complexity index is 772. The molecule has 2 aromatic carbocycles. The van der Waals surface area contributed by atoms with E-state index in [0.29, 0.717) is 23.7 Å². The van der Waals surface area contributed by atoms with Crippen LogP contribution in [-0.2, 0) is 6.42 Å². The van der Waals surface area contributed by atoms with Crippen molar-refractivity contribution in [3.63, 3.8) is 0 Å². The summed E-state index contributed by atoms with van der Waals surface area (Å²) in [7, 11) is 0. The number of phenols is 1. The molecular formula is C15H10FIN2O2. The molecule has 0 radical (unpaired) electrons. The Morgan fingerprint density at radius 1 is 1.14 bits per heavy atom. The second-order valence-electron chi connectivity index (χ2n) is 4.49. The van der Waals surface area contributed by atoms with Gasteiger partial charge in [0.15, 0.2) is 5.82 Å². The Kier molecular flexibility index (Phi) is 3.87. The van der Waals surface area contributed by atoms with E-state index in [1.165, 1.54) is 12.1 Å². The average Bonchev–Trinajstić information content (AvgIpc) is 2.93. The first-order valence-electron chi connectivity index (χ1n) is 6.18. The van der Waals surface area contributed by atoms with Gasteiger partial charge in [-0.15, -0.1) is 0 Å². The van der Waals surface area contributed by atoms with Gasteiger partial charge in [0.05, 0.1) is 3.57 Å². The lowest BCUT2D eigenvalue weighted by atomic mass is 10.1. The number of phenolic OH excluding ortho intramolecular Hbond substituents is 1. The molecule has 3 aromatic rings. The second-order valence-corrected chi connectivity index (χ2v) is 5.65. The summed E-state index contributed by atoms with van der Waals surface area (Å²) in [6, 6.07) is 11.3. The third-order valence-corrected chi connectivity index (χ3v) is 3.85. The van der Waals surface area contributed by atoms with Crippen LogP contribution in [0.4, 0.5) is 4.39 Å². The molecule has 0 aliphatic heterocycles. The van der Waals surface area contributed by atoms with Gasteiger partial charge in [-0.25, -0.2) is 4.39 Å². The fraction of sp³-hybridized carbons (Fsp3) is 0.0667. The largest absolute Gasteiger partial charge is 0.507 e. The topological polar surface area (TPSA) is 59.2 Å². The second kappa shape index (κ2) is 5.80. The molecule has 1 N–H and O–H groups in total. The molecule has 0 saturated heterocycles. The van der Waals surface area contributed by atoms with Gasteiger partial charge < -0.3 is 9.63 Å². The van der Waals surface area contributed by atoms with Crippen molar-refractivity contribution in [1.82, 2.24) is 10.1 Å². The highest BCUT2D eigenvalue weighted by Gasteiger charge is 2.11. The van der Waals surface area contributed by atoms with Crippen LogP contribution >= 0.6 is 22.6 Å². The highest BCUT2D eigenvalue weighted by atomic mass is 127. The van der Waals surface area contributed by atoms with Gasteiger partial charge in [-0.2, -0.15) is 4.98 Å². The monoisotopic (exact) mass is 396 g/mol. The van der Waals surface area contributed by atoms with E-state index in [9.17, 15) is 9.50 Å². The molecule has 0 amide bonds. The number of nitrogens with zero attached hydrogens (tertiary/aromatic N) is 2. The van der Waals surface area contributed by atoms with Gasteiger partial charge >= 0.3 is 0 Å². The van der Waals surface area contributed by atoms with Crippen molar-refractivity contribution < 1.29 is 14.0 Å². The van der Waals surface area contributed by atoms with Crippen molar-refractivity contribution in [2.45, 2.75) is 6.42 Å². The predicted octanol–water partition coefficient (Wildman–Crippen LogP) is 3.78. The van der Waals surface area contributed by atoms with Crippen LogP contribution in [0.1, 0.15) is 11.4 Å². The molecule has 0 aliphatic carbocycles. The van der Waals surface area contributed by atoms with E-state index in [0.717, 1.165) is 9.13 Å². The van der Waals surface area contributed by atoms with Gasteiger partial charge in [0, 0.05) is 12.0 Å². The SMILES string of the molecule is Oc1cc(-c2nc(Cc3ccc(F)cc3)no2)ccc1I. The van der Waals surface area contributed by atoms with Crippen LogP contribution in [0.25, 0.3) is 11.5 Å². The van der Waals surface area contributed by atoms with E-state index in [-0.39, 0.29) is 11.6 Å². The Balaban J connectivity index is 1.82. The number of benzene rings is 2. The number of halogens is 2. The molecule has 1 heterocycles. The first kappa shape index (κ1) is 14.0. The summed E-state index contributed by atoms with van der Waals surface area (Å²) in [6.45, 7) is 0. The Morgan fingerprint density at radius 2 is 1.90 bits per heavy atom. The van der Waals surface area contributed by atoms with Gasteiger partial charge in [-0.1, -0.05) is 17.3 Å². The molecule has 1 aromatic heterocycles. The standard InChI is InChI=1S/C15H10FIN2O2/c16-11-4-1-9(2-5-11)7-14-18-15(21-19-14)10-3-6-12(17)13(20)8-10/h1-6,8,20H,7H2. The van der Waals surface area contributed by atoms with Crippen molar-refractivity contribution in [2.75, 3.05) is 0 Å². The van der Waals surface area contributed by atoms with Crippen LogP contribution in [0, 0.1) is 9.39 Å². The smallest absolute Gasteiger partial charge is 0.258 e. The van der Waals surface area contributed by atoms with Gasteiger partial charge in [0.1, 0.15) is 11.6 Å². The third-order valence-electron chi connectivity index (χ3n) is 2.94. The molecule has 0 unspecified atom stereocenters. The maximum Gasteiger partial charge on any atom is 0.258 e. The van der Waals surface area contributed by atoms with Crippen LogP contribution in [-0.4, -0.2) is 15.2 Å². The van der Waals surface area contributed by atoms with Crippen LogP contribution < -0.4 is 0 Å². The predicted molar refractivity (Wildman–Crippen MR) is 83.3 cm³/mol. The molecule has 3 rings (SSSR count). The van der Waals surface area contributed by atoms with Crippen molar-refractivity contribution in [3.05, 3.63) is 63.2 Å². The quantitative estimate of drug-likeness (QED) is 0.685. The molecule has 4 nitrogen and oxygen atoms in total. The number of aromatic hydroxyl groups is 1. The van der Waals surface area contributed by atoms with Crippen molar-refractivity contribution in [1.29, 1.82) is 0 Å². The maximum atomic E-state index is 12.8. The minimum atomic E-state index is -0.276. The molecule has 6 heteroatoms. The van der Waals surface area contributed by atoms with Crippen molar-refractivity contribution >= 4 is 22.6 Å². The Morgan fingerprint density at radius 3 is 2.62 bits per heavy atom. The third kappa shape index (κ3) is 3.21. The Hall–Kier alpha value is -1.96. The molecule has 0 spiro atoms. The molecule has 0 bridgehead atoms. The van der Waals surface area contributed by atoms with Gasteiger partial charge in [-0.3, -0.25) is 0 Å². The number of hydrogen-bond donors (Lipinski definition) is 1. The fourth-order valence-corrected chi connectivity index (χ4v) is 2.21. The first-order valence-corrected chi connectivity index (χ1v) is 7.25. The first-order chi connectivity index (χ1) is 10.1. The molecular weight excluding hydrogens is 386 g/mol. The van der Waals surface area contributed by atoms with Crippen LogP contribution in [0.15, 0.2) is 47.0 Å². The molecule has 0 atom stereocenters. The van der Waals surface area contributed by atoms with Crippen LogP contribution in [0.5, 0.6) is 5.75 Å². The maximum absolute atomic E-state index is 12.8. The molecule has 0 fully saturated rings. The van der Waals surface area contributed by atoms with Crippen molar-refractivity contribution in [3.8, 4) is 17.2 Å². The zero-order valence-electron chi connectivity index (χ0n) is 10.8. The van der Waals surface area contributed by atoms with E-state index in [4.69, 9.17) is 4.52 Å². The summed E-state index contributed by atoms with van der Waals surface area (Å²) in [6.07, 6.45) is 0.458.